The molecule has 0 aromatic heterocycles. The summed E-state index contributed by atoms with van der Waals surface area (Å²) in [6.45, 7) is 13.3. The fraction of sp³-hybridized carbons (Fsp3) is 0.250. The second-order valence-corrected chi connectivity index (χ2v) is 11.5. The van der Waals surface area contributed by atoms with Crippen molar-refractivity contribution in [3.05, 3.63) is 129 Å². The first-order valence-electron chi connectivity index (χ1n) is 15.5. The van der Waals surface area contributed by atoms with Crippen LogP contribution in [0.5, 0.6) is 0 Å². The zero-order valence-electron chi connectivity index (χ0n) is 25.8. The van der Waals surface area contributed by atoms with E-state index < -0.39 is 0 Å². The van der Waals surface area contributed by atoms with Gasteiger partial charge in [-0.05, 0) is 78.3 Å². The van der Waals surface area contributed by atoms with Crippen molar-refractivity contribution in [2.24, 2.45) is 9.98 Å². The molecule has 0 bridgehead atoms. The molecule has 0 fully saturated rings. The summed E-state index contributed by atoms with van der Waals surface area (Å²) in [7, 11) is 0. The average Bonchev–Trinajstić information content (AvgIpc) is 3.31. The van der Waals surface area contributed by atoms with Crippen LogP contribution in [0.1, 0.15) is 72.2 Å². The normalized spacial score (nSPS) is 14.4. The van der Waals surface area contributed by atoms with E-state index in [0.29, 0.717) is 0 Å². The molecular formula is C40H40N2. The molecule has 210 valence electrons. The first kappa shape index (κ1) is 27.8. The van der Waals surface area contributed by atoms with E-state index in [-0.39, 0.29) is 0 Å². The highest BCUT2D eigenvalue weighted by atomic mass is 14.8. The molecule has 0 radical (unpaired) electrons. The molecule has 0 aliphatic heterocycles. The number of aliphatic imine (C=N–C) groups is 2. The van der Waals surface area contributed by atoms with Crippen LogP contribution >= 0.6 is 0 Å². The van der Waals surface area contributed by atoms with Gasteiger partial charge in [-0.2, -0.15) is 0 Å². The largest absolute Gasteiger partial charge is 0.246 e. The van der Waals surface area contributed by atoms with E-state index in [4.69, 9.17) is 9.98 Å². The SMILES string of the molecule is CCc1cc(C)cc(CC)c1N=C1C(=Nc2c(CC)cc(C)cc2CC)c2ccc(-c3ccccc3)c3cccc1c23. The number of rotatable bonds is 7. The summed E-state index contributed by atoms with van der Waals surface area (Å²) in [6.07, 6.45) is 3.78. The van der Waals surface area contributed by atoms with Gasteiger partial charge in [-0.3, -0.25) is 0 Å². The van der Waals surface area contributed by atoms with E-state index >= 15 is 0 Å². The number of benzene rings is 5. The predicted molar refractivity (Wildman–Crippen MR) is 182 cm³/mol. The van der Waals surface area contributed by atoms with Gasteiger partial charge in [0.15, 0.2) is 0 Å². The Morgan fingerprint density at radius 2 is 0.929 bits per heavy atom. The minimum atomic E-state index is 0.945. The topological polar surface area (TPSA) is 24.7 Å². The second kappa shape index (κ2) is 11.5. The summed E-state index contributed by atoms with van der Waals surface area (Å²) in [5, 5.41) is 2.50. The van der Waals surface area contributed by atoms with Crippen molar-refractivity contribution in [3.8, 4) is 11.1 Å². The third kappa shape index (κ3) is 4.79. The molecule has 0 atom stereocenters. The molecule has 1 aliphatic rings. The van der Waals surface area contributed by atoms with Crippen LogP contribution in [0, 0.1) is 13.8 Å². The Kier molecular flexibility index (Phi) is 7.64. The first-order chi connectivity index (χ1) is 20.5. The van der Waals surface area contributed by atoms with Gasteiger partial charge in [0.25, 0.3) is 0 Å². The van der Waals surface area contributed by atoms with E-state index in [1.165, 1.54) is 66.4 Å². The van der Waals surface area contributed by atoms with Crippen molar-refractivity contribution in [1.82, 2.24) is 0 Å². The summed E-state index contributed by atoms with van der Waals surface area (Å²) in [5.74, 6) is 0. The van der Waals surface area contributed by atoms with Gasteiger partial charge in [0.2, 0.25) is 0 Å². The molecule has 0 saturated carbocycles. The fourth-order valence-corrected chi connectivity index (χ4v) is 6.61. The Labute approximate surface area is 250 Å². The maximum Gasteiger partial charge on any atom is 0.0979 e. The van der Waals surface area contributed by atoms with Gasteiger partial charge in [0.1, 0.15) is 0 Å². The Morgan fingerprint density at radius 1 is 0.476 bits per heavy atom. The van der Waals surface area contributed by atoms with Crippen LogP contribution < -0.4 is 0 Å². The van der Waals surface area contributed by atoms with Crippen LogP contribution in [-0.2, 0) is 25.7 Å². The van der Waals surface area contributed by atoms with Crippen LogP contribution in [0.25, 0.3) is 21.9 Å². The van der Waals surface area contributed by atoms with Crippen molar-refractivity contribution in [2.45, 2.75) is 67.2 Å². The van der Waals surface area contributed by atoms with Gasteiger partial charge >= 0.3 is 0 Å². The highest BCUT2D eigenvalue weighted by Crippen LogP contribution is 2.41. The molecule has 0 unspecified atom stereocenters. The Hall–Kier alpha value is -4.30. The second-order valence-electron chi connectivity index (χ2n) is 11.5. The molecule has 5 aromatic carbocycles. The predicted octanol–water partition coefficient (Wildman–Crippen LogP) is 10.6. The van der Waals surface area contributed by atoms with E-state index in [0.717, 1.165) is 48.5 Å². The van der Waals surface area contributed by atoms with Gasteiger partial charge in [-0.25, -0.2) is 9.98 Å². The average molecular weight is 549 g/mol. The fourth-order valence-electron chi connectivity index (χ4n) is 6.61. The standard InChI is InChI=1S/C40H40N2/c1-7-27-21-25(5)22-28(8-2)37(27)41-39-34-18-14-17-33-32(31-15-12-11-13-16-31)19-20-35(36(33)34)40(39)42-38-29(9-3)23-26(6)24-30(38)10-4/h11-24H,7-10H2,1-6H3. The van der Waals surface area contributed by atoms with Crippen molar-refractivity contribution >= 4 is 33.6 Å². The lowest BCUT2D eigenvalue weighted by molar-refractivity contribution is 1.07. The summed E-state index contributed by atoms with van der Waals surface area (Å²) < 4.78 is 0. The van der Waals surface area contributed by atoms with Crippen LogP contribution in [-0.4, -0.2) is 11.4 Å². The van der Waals surface area contributed by atoms with Crippen LogP contribution in [0.4, 0.5) is 11.4 Å². The smallest absolute Gasteiger partial charge is 0.0979 e. The quantitative estimate of drug-likeness (QED) is 0.193. The van der Waals surface area contributed by atoms with Gasteiger partial charge in [-0.1, -0.05) is 124 Å². The molecule has 6 rings (SSSR count). The molecule has 0 heterocycles. The molecule has 5 aromatic rings. The number of aryl methyl sites for hydroxylation is 6. The van der Waals surface area contributed by atoms with E-state index in [9.17, 15) is 0 Å². The summed E-state index contributed by atoms with van der Waals surface area (Å²) in [4.78, 5) is 11.1. The third-order valence-corrected chi connectivity index (χ3v) is 8.66. The van der Waals surface area contributed by atoms with Crippen LogP contribution in [0.15, 0.2) is 94.9 Å². The molecule has 1 aliphatic carbocycles. The first-order valence-corrected chi connectivity index (χ1v) is 15.5. The Balaban J connectivity index is 1.70. The third-order valence-electron chi connectivity index (χ3n) is 8.66. The maximum absolute atomic E-state index is 5.57. The maximum atomic E-state index is 5.57. The van der Waals surface area contributed by atoms with E-state index in [2.05, 4.69) is 126 Å². The molecule has 2 heteroatoms. The van der Waals surface area contributed by atoms with Crippen molar-refractivity contribution in [2.75, 3.05) is 0 Å². The molecule has 0 saturated heterocycles. The minimum Gasteiger partial charge on any atom is -0.246 e. The highest BCUT2D eigenvalue weighted by molar-refractivity contribution is 6.61. The lowest BCUT2D eigenvalue weighted by Gasteiger charge is -2.14. The van der Waals surface area contributed by atoms with Gasteiger partial charge in [0.05, 0.1) is 22.8 Å². The Bertz CT molecular complexity index is 1740. The van der Waals surface area contributed by atoms with Gasteiger partial charge in [-0.15, -0.1) is 0 Å². The Morgan fingerprint density at radius 3 is 1.40 bits per heavy atom. The zero-order valence-corrected chi connectivity index (χ0v) is 25.8. The van der Waals surface area contributed by atoms with Crippen LogP contribution in [0.3, 0.4) is 0 Å². The van der Waals surface area contributed by atoms with E-state index in [1.54, 1.807) is 0 Å². The molecule has 0 N–H and O–H groups in total. The van der Waals surface area contributed by atoms with E-state index in [1.807, 2.05) is 0 Å². The van der Waals surface area contributed by atoms with Gasteiger partial charge in [0, 0.05) is 16.5 Å². The number of nitrogens with zero attached hydrogens (tertiary/aromatic N) is 2. The molecular weight excluding hydrogens is 508 g/mol. The highest BCUT2D eigenvalue weighted by Gasteiger charge is 2.29. The number of hydrogen-bond donors (Lipinski definition) is 0. The lowest BCUT2D eigenvalue weighted by Crippen LogP contribution is -2.11. The number of hydrogen-bond acceptors (Lipinski definition) is 2. The molecule has 0 amide bonds. The molecule has 2 nitrogen and oxygen atoms in total. The summed E-state index contributed by atoms with van der Waals surface area (Å²) in [5.41, 5.74) is 16.8. The summed E-state index contributed by atoms with van der Waals surface area (Å²) in [6, 6.07) is 31.1. The van der Waals surface area contributed by atoms with Crippen molar-refractivity contribution in [3.63, 3.8) is 0 Å². The lowest BCUT2D eigenvalue weighted by atomic mass is 9.95. The minimum absolute atomic E-state index is 0.945. The monoisotopic (exact) mass is 548 g/mol. The van der Waals surface area contributed by atoms with Crippen molar-refractivity contribution in [1.29, 1.82) is 0 Å². The molecule has 0 spiro atoms. The van der Waals surface area contributed by atoms with Crippen molar-refractivity contribution < 1.29 is 0 Å². The zero-order chi connectivity index (χ0) is 29.4. The molecule has 42 heavy (non-hydrogen) atoms. The van der Waals surface area contributed by atoms with Crippen LogP contribution in [0.2, 0.25) is 0 Å². The van der Waals surface area contributed by atoms with Gasteiger partial charge < -0.3 is 0 Å². The summed E-state index contributed by atoms with van der Waals surface area (Å²) >= 11 is 0.